The predicted molar refractivity (Wildman–Crippen MR) is 122 cm³/mol. The third kappa shape index (κ3) is 4.75. The number of likely N-dealkylation sites (N-methyl/N-ethyl adjacent to an activating group) is 1. The number of rotatable bonds is 8. The van der Waals surface area contributed by atoms with E-state index in [0.29, 0.717) is 5.82 Å². The lowest BCUT2D eigenvalue weighted by Gasteiger charge is -2.23. The molecule has 176 valence electrons. The fourth-order valence-corrected chi connectivity index (χ4v) is 4.16. The number of nitrogens with one attached hydrogen (secondary N) is 1. The first-order valence-corrected chi connectivity index (χ1v) is 10.8. The average Bonchev–Trinajstić information content (AvgIpc) is 3.37. The highest BCUT2D eigenvalue weighted by atomic mass is 16.5. The molecule has 0 aliphatic heterocycles. The second-order valence-corrected chi connectivity index (χ2v) is 8.17. The lowest BCUT2D eigenvalue weighted by Crippen LogP contribution is -2.48. The maximum absolute atomic E-state index is 12.9. The lowest BCUT2D eigenvalue weighted by atomic mass is 9.98. The van der Waals surface area contributed by atoms with Crippen LogP contribution in [-0.4, -0.2) is 62.4 Å². The second kappa shape index (κ2) is 9.74. The number of carboxylic acid groups (broad SMARTS) is 1. The van der Waals surface area contributed by atoms with E-state index in [-0.39, 0.29) is 19.1 Å². The van der Waals surface area contributed by atoms with Crippen molar-refractivity contribution in [2.45, 2.75) is 24.9 Å². The van der Waals surface area contributed by atoms with Crippen LogP contribution >= 0.6 is 0 Å². The average molecular weight is 463 g/mol. The van der Waals surface area contributed by atoms with Crippen LogP contribution < -0.4 is 5.32 Å². The third-order valence-corrected chi connectivity index (χ3v) is 5.87. The quantitative estimate of drug-likeness (QED) is 0.524. The molecule has 0 spiro atoms. The predicted octanol–water partition coefficient (Wildman–Crippen LogP) is 2.16. The van der Waals surface area contributed by atoms with E-state index < -0.39 is 30.4 Å². The van der Waals surface area contributed by atoms with Gasteiger partial charge in [-0.3, -0.25) is 9.59 Å². The number of hydrogen-bond acceptors (Lipinski definition) is 6. The van der Waals surface area contributed by atoms with Crippen molar-refractivity contribution < 1.29 is 24.2 Å². The Labute approximate surface area is 196 Å². The molecule has 1 unspecified atom stereocenters. The Kier molecular flexibility index (Phi) is 6.58. The summed E-state index contributed by atoms with van der Waals surface area (Å²) in [4.78, 5) is 38.1. The first kappa shape index (κ1) is 23.0. The molecule has 1 atom stereocenters. The van der Waals surface area contributed by atoms with Crippen LogP contribution in [0.3, 0.4) is 0 Å². The first-order chi connectivity index (χ1) is 16.3. The van der Waals surface area contributed by atoms with Gasteiger partial charge in [0.1, 0.15) is 19.0 Å². The zero-order chi connectivity index (χ0) is 24.2. The fourth-order valence-electron chi connectivity index (χ4n) is 4.16. The molecule has 1 heterocycles. The zero-order valence-electron chi connectivity index (χ0n) is 18.8. The molecular formula is C24H25N5O5. The van der Waals surface area contributed by atoms with Crippen molar-refractivity contribution in [1.29, 1.82) is 0 Å². The molecule has 0 bridgehead atoms. The van der Waals surface area contributed by atoms with Crippen molar-refractivity contribution in [3.63, 3.8) is 0 Å². The van der Waals surface area contributed by atoms with Gasteiger partial charge in [-0.25, -0.2) is 4.79 Å². The summed E-state index contributed by atoms with van der Waals surface area (Å²) in [5.74, 6) is -1.42. The van der Waals surface area contributed by atoms with Gasteiger partial charge in [-0.05, 0) is 22.3 Å². The number of benzene rings is 2. The number of nitrogens with zero attached hydrogens (tertiary/aromatic N) is 4. The van der Waals surface area contributed by atoms with Crippen molar-refractivity contribution in [1.82, 2.24) is 25.0 Å². The number of carboxylic acids is 1. The molecule has 0 radical (unpaired) electrons. The summed E-state index contributed by atoms with van der Waals surface area (Å²) in [7, 11) is 3.24. The molecule has 34 heavy (non-hydrogen) atoms. The highest BCUT2D eigenvalue weighted by Crippen LogP contribution is 2.44. The Hall–Kier alpha value is -4.21. The number of aromatic nitrogens is 3. The number of carbonyl (C=O) groups is 3. The van der Waals surface area contributed by atoms with Crippen LogP contribution in [0.1, 0.15) is 29.3 Å². The van der Waals surface area contributed by atoms with Gasteiger partial charge in [-0.1, -0.05) is 48.5 Å². The number of amides is 2. The molecule has 1 aliphatic carbocycles. The van der Waals surface area contributed by atoms with Crippen molar-refractivity contribution in [3.05, 3.63) is 71.8 Å². The topological polar surface area (TPSA) is 127 Å². The number of ether oxygens (including phenoxy) is 1. The first-order valence-electron chi connectivity index (χ1n) is 10.8. The third-order valence-electron chi connectivity index (χ3n) is 5.87. The summed E-state index contributed by atoms with van der Waals surface area (Å²) in [5.41, 5.74) is 4.30. The molecule has 3 aromatic rings. The van der Waals surface area contributed by atoms with E-state index in [0.717, 1.165) is 22.3 Å². The Bertz CT molecular complexity index is 1180. The van der Waals surface area contributed by atoms with Gasteiger partial charge in [-0.2, -0.15) is 0 Å². The summed E-state index contributed by atoms with van der Waals surface area (Å²) in [6, 6.07) is 14.6. The van der Waals surface area contributed by atoms with Crippen molar-refractivity contribution >= 4 is 18.0 Å². The number of hydrogen-bond donors (Lipinski definition) is 2. The summed E-state index contributed by atoms with van der Waals surface area (Å²) in [5, 5.41) is 19.4. The molecule has 0 saturated carbocycles. The fraction of sp³-hybridized carbons (Fsp3) is 0.292. The van der Waals surface area contributed by atoms with Crippen LogP contribution in [0, 0.1) is 0 Å². The minimum atomic E-state index is -1.29. The standard InChI is InChI=1S/C24H25N5O5/c1-28(12-21-27-25-14-29(21)2)23(32)20(11-22(30)31)26-24(33)34-13-19-17-9-5-3-7-15(17)16-8-4-6-10-18(16)19/h3-10,14,19-20H,11-13H2,1-2H3,(H,26,33)(H,30,31). The zero-order valence-corrected chi connectivity index (χ0v) is 18.8. The van der Waals surface area contributed by atoms with E-state index in [1.807, 2.05) is 48.5 Å². The van der Waals surface area contributed by atoms with Gasteiger partial charge in [0.15, 0.2) is 5.82 Å². The highest BCUT2D eigenvalue weighted by Gasteiger charge is 2.31. The Balaban J connectivity index is 1.42. The SMILES string of the molecule is CN(Cc1nncn1C)C(=O)C(CC(=O)O)NC(=O)OCC1c2ccccc2-c2ccccc21. The van der Waals surface area contributed by atoms with Gasteiger partial charge in [0.05, 0.1) is 13.0 Å². The maximum atomic E-state index is 12.9. The van der Waals surface area contributed by atoms with Crippen molar-refractivity contribution in [3.8, 4) is 11.1 Å². The molecule has 2 N–H and O–H groups in total. The van der Waals surface area contributed by atoms with E-state index >= 15 is 0 Å². The van der Waals surface area contributed by atoms with Crippen LogP contribution in [0.2, 0.25) is 0 Å². The van der Waals surface area contributed by atoms with Crippen LogP contribution in [0.4, 0.5) is 4.79 Å². The number of fused-ring (bicyclic) bond motifs is 3. The second-order valence-electron chi connectivity index (χ2n) is 8.17. The molecule has 2 aromatic carbocycles. The van der Waals surface area contributed by atoms with Crippen LogP contribution in [0.5, 0.6) is 0 Å². The Morgan fingerprint density at radius 2 is 1.74 bits per heavy atom. The maximum Gasteiger partial charge on any atom is 0.407 e. The molecule has 0 fully saturated rings. The van der Waals surface area contributed by atoms with Gasteiger partial charge >= 0.3 is 12.1 Å². The molecule has 10 heteroatoms. The van der Waals surface area contributed by atoms with Gasteiger partial charge in [0, 0.05) is 20.0 Å². The smallest absolute Gasteiger partial charge is 0.407 e. The molecule has 4 rings (SSSR count). The van der Waals surface area contributed by atoms with E-state index in [4.69, 9.17) is 4.74 Å². The number of aliphatic carboxylic acids is 1. The summed E-state index contributed by atoms with van der Waals surface area (Å²) < 4.78 is 7.11. The molecule has 0 saturated heterocycles. The van der Waals surface area contributed by atoms with Gasteiger partial charge < -0.3 is 24.6 Å². The molecule has 1 aromatic heterocycles. The Morgan fingerprint density at radius 1 is 1.12 bits per heavy atom. The van der Waals surface area contributed by atoms with Gasteiger partial charge in [-0.15, -0.1) is 10.2 Å². The van der Waals surface area contributed by atoms with Gasteiger partial charge in [0.2, 0.25) is 5.91 Å². The normalized spacial score (nSPS) is 13.0. The summed E-state index contributed by atoms with van der Waals surface area (Å²) >= 11 is 0. The minimum absolute atomic E-state index is 0.0582. The van der Waals surface area contributed by atoms with E-state index in [1.54, 1.807) is 11.6 Å². The summed E-state index contributed by atoms with van der Waals surface area (Å²) in [6.45, 7) is 0.167. The highest BCUT2D eigenvalue weighted by molar-refractivity contribution is 5.89. The monoisotopic (exact) mass is 463 g/mol. The Morgan fingerprint density at radius 3 is 2.29 bits per heavy atom. The summed E-state index contributed by atoms with van der Waals surface area (Å²) in [6.07, 6.45) is 0.0669. The van der Waals surface area contributed by atoms with Crippen LogP contribution in [-0.2, 0) is 27.9 Å². The van der Waals surface area contributed by atoms with Crippen LogP contribution in [0.15, 0.2) is 54.9 Å². The van der Waals surface area contributed by atoms with Gasteiger partial charge in [0.25, 0.3) is 0 Å². The molecule has 1 aliphatic rings. The number of carbonyl (C=O) groups excluding carboxylic acids is 2. The number of aryl methyl sites for hydroxylation is 1. The largest absolute Gasteiger partial charge is 0.481 e. The minimum Gasteiger partial charge on any atom is -0.481 e. The van der Waals surface area contributed by atoms with Crippen molar-refractivity contribution in [2.75, 3.05) is 13.7 Å². The van der Waals surface area contributed by atoms with E-state index in [1.165, 1.54) is 18.3 Å². The van der Waals surface area contributed by atoms with Crippen molar-refractivity contribution in [2.24, 2.45) is 7.05 Å². The number of alkyl carbamates (subject to hydrolysis) is 1. The van der Waals surface area contributed by atoms with E-state index in [2.05, 4.69) is 15.5 Å². The van der Waals surface area contributed by atoms with E-state index in [9.17, 15) is 19.5 Å². The van der Waals surface area contributed by atoms with Crippen LogP contribution in [0.25, 0.3) is 11.1 Å². The lowest BCUT2D eigenvalue weighted by molar-refractivity contribution is -0.142. The molecular weight excluding hydrogens is 438 g/mol. The molecule has 10 nitrogen and oxygen atoms in total. The molecule has 2 amide bonds.